The smallest absolute Gasteiger partial charge is 0.188 e. The highest BCUT2D eigenvalue weighted by Gasteiger charge is 2.50. The third kappa shape index (κ3) is 6.32. The fraction of sp³-hybridized carbons (Fsp3) is 0. The van der Waals surface area contributed by atoms with Crippen LogP contribution in [0.3, 0.4) is 0 Å². The van der Waals surface area contributed by atoms with Crippen LogP contribution in [-0.2, 0) is 0 Å². The molecular formula is C57H41N3O2Si2. The first-order chi connectivity index (χ1) is 31.7. The fourth-order valence-corrected chi connectivity index (χ4v) is 19.8. The van der Waals surface area contributed by atoms with Crippen molar-refractivity contribution in [3.8, 4) is 23.0 Å². The van der Waals surface area contributed by atoms with E-state index in [9.17, 15) is 5.41 Å². The van der Waals surface area contributed by atoms with E-state index >= 15 is 0 Å². The number of hydrogen-bond donors (Lipinski definition) is 1. The molecule has 2 heterocycles. The number of ether oxygens (including phenoxy) is 2. The van der Waals surface area contributed by atoms with Crippen LogP contribution in [0.15, 0.2) is 247 Å². The lowest BCUT2D eigenvalue weighted by atomic mass is 10.1. The Morgan fingerprint density at radius 2 is 0.781 bits per heavy atom. The Bertz CT molecular complexity index is 3150. The second-order valence-corrected chi connectivity index (χ2v) is 23.4. The van der Waals surface area contributed by atoms with Gasteiger partial charge in [-0.15, -0.1) is 0 Å². The first kappa shape index (κ1) is 38.9. The Morgan fingerprint density at radius 1 is 0.391 bits per heavy atom. The molecule has 304 valence electrons. The van der Waals surface area contributed by atoms with Gasteiger partial charge in [0.1, 0.15) is 23.0 Å². The first-order valence-electron chi connectivity index (χ1n) is 21.5. The predicted molar refractivity (Wildman–Crippen MR) is 268 cm³/mol. The summed E-state index contributed by atoms with van der Waals surface area (Å²) in [6.07, 6.45) is 1.84. The van der Waals surface area contributed by atoms with E-state index in [4.69, 9.17) is 19.5 Å². The van der Waals surface area contributed by atoms with Crippen LogP contribution >= 0.6 is 0 Å². The molecule has 2 aliphatic rings. The zero-order chi connectivity index (χ0) is 42.9. The van der Waals surface area contributed by atoms with Crippen LogP contribution in [0.25, 0.3) is 0 Å². The van der Waals surface area contributed by atoms with Gasteiger partial charge in [-0.25, -0.2) is 9.98 Å². The average molecular weight is 856 g/mol. The standard InChI is InChI=1S/C57H41N3O2Si2/c58-56(47-33-21-39-53-55(47)62-49-35-17-19-37-51(49)64(53,45-29-12-4-13-30-45)46-31-14-5-15-32-46)60-57(41-22-6-1-7-23-41)59-40-42-24-20-38-52-54(42)61-48-34-16-18-36-50(48)63(52,43-25-8-2-9-26-43)44-27-10-3-11-28-44/h1-40,58H. The summed E-state index contributed by atoms with van der Waals surface area (Å²) < 4.78 is 13.8. The van der Waals surface area contributed by atoms with E-state index in [2.05, 4.69) is 176 Å². The van der Waals surface area contributed by atoms with E-state index in [1.54, 1.807) is 0 Å². The lowest BCUT2D eigenvalue weighted by Crippen LogP contribution is -2.76. The highest BCUT2D eigenvalue weighted by molar-refractivity contribution is 7.21. The Balaban J connectivity index is 1.07. The summed E-state index contributed by atoms with van der Waals surface area (Å²) in [7, 11) is -5.79. The number of amidine groups is 2. The summed E-state index contributed by atoms with van der Waals surface area (Å²) in [5.41, 5.74) is 2.20. The van der Waals surface area contributed by atoms with Crippen LogP contribution in [0, 0.1) is 5.41 Å². The van der Waals surface area contributed by atoms with Crippen molar-refractivity contribution in [2.75, 3.05) is 0 Å². The average Bonchev–Trinajstić information content (AvgIpc) is 3.37. The minimum absolute atomic E-state index is 0.0519. The summed E-state index contributed by atoms with van der Waals surface area (Å²) in [5, 5.41) is 19.4. The van der Waals surface area contributed by atoms with Crippen molar-refractivity contribution in [2.45, 2.75) is 0 Å². The van der Waals surface area contributed by atoms with Crippen molar-refractivity contribution in [3.63, 3.8) is 0 Å². The minimum atomic E-state index is -2.93. The summed E-state index contributed by atoms with van der Waals surface area (Å²) in [5.74, 6) is 3.52. The molecule has 7 heteroatoms. The highest BCUT2D eigenvalue weighted by atomic mass is 28.3. The van der Waals surface area contributed by atoms with Gasteiger partial charge in [-0.2, -0.15) is 0 Å². The summed E-state index contributed by atoms with van der Waals surface area (Å²) in [6.45, 7) is 0. The van der Waals surface area contributed by atoms with Gasteiger partial charge < -0.3 is 9.47 Å². The molecule has 2 aliphatic heterocycles. The van der Waals surface area contributed by atoms with Crippen molar-refractivity contribution in [2.24, 2.45) is 9.98 Å². The number of benzene rings is 9. The van der Waals surface area contributed by atoms with Crippen LogP contribution in [0.1, 0.15) is 16.7 Å². The van der Waals surface area contributed by atoms with Crippen molar-refractivity contribution in [1.82, 2.24) is 0 Å². The van der Waals surface area contributed by atoms with Gasteiger partial charge in [0.05, 0.1) is 5.56 Å². The van der Waals surface area contributed by atoms with Crippen molar-refractivity contribution < 1.29 is 9.47 Å². The monoisotopic (exact) mass is 855 g/mol. The molecule has 0 saturated carbocycles. The van der Waals surface area contributed by atoms with E-state index < -0.39 is 16.1 Å². The maximum atomic E-state index is 9.79. The molecule has 64 heavy (non-hydrogen) atoms. The molecule has 1 N–H and O–H groups in total. The van der Waals surface area contributed by atoms with Crippen molar-refractivity contribution in [3.05, 3.63) is 253 Å². The topological polar surface area (TPSA) is 67.0 Å². The molecule has 5 nitrogen and oxygen atoms in total. The van der Waals surface area contributed by atoms with Crippen LogP contribution in [0.2, 0.25) is 0 Å². The summed E-state index contributed by atoms with van der Waals surface area (Å²) in [4.78, 5) is 10.2. The molecule has 0 radical (unpaired) electrons. The molecule has 0 amide bonds. The van der Waals surface area contributed by atoms with Gasteiger partial charge in [0.15, 0.2) is 27.8 Å². The maximum absolute atomic E-state index is 9.79. The molecule has 9 aromatic carbocycles. The normalized spacial score (nSPS) is 14.2. The van der Waals surface area contributed by atoms with E-state index in [0.717, 1.165) is 38.7 Å². The van der Waals surface area contributed by atoms with Gasteiger partial charge in [-0.3, -0.25) is 5.41 Å². The number of fused-ring (bicyclic) bond motifs is 4. The fourth-order valence-electron chi connectivity index (χ4n) is 9.82. The largest absolute Gasteiger partial charge is 0.457 e. The molecule has 0 aromatic heterocycles. The Hall–Kier alpha value is -7.98. The predicted octanol–water partition coefficient (Wildman–Crippen LogP) is 7.54. The summed E-state index contributed by atoms with van der Waals surface area (Å²) in [6, 6.07) is 82.5. The van der Waals surface area contributed by atoms with Crippen LogP contribution in [-0.4, -0.2) is 34.0 Å². The van der Waals surface area contributed by atoms with Gasteiger partial charge in [0.2, 0.25) is 0 Å². The third-order valence-corrected chi connectivity index (χ3v) is 22.2. The molecule has 9 aromatic rings. The number of rotatable bonds is 7. The van der Waals surface area contributed by atoms with Gasteiger partial charge in [-0.1, -0.05) is 212 Å². The molecule has 0 unspecified atom stereocenters. The second kappa shape index (κ2) is 16.4. The Labute approximate surface area is 374 Å². The van der Waals surface area contributed by atoms with Gasteiger partial charge in [0.25, 0.3) is 0 Å². The van der Waals surface area contributed by atoms with Crippen molar-refractivity contribution in [1.29, 1.82) is 5.41 Å². The molecule has 0 fully saturated rings. The molecule has 0 spiro atoms. The van der Waals surface area contributed by atoms with Crippen molar-refractivity contribution >= 4 is 75.5 Å². The van der Waals surface area contributed by atoms with Gasteiger partial charge >= 0.3 is 0 Å². The van der Waals surface area contributed by atoms with Gasteiger partial charge in [-0.05, 0) is 65.8 Å². The van der Waals surface area contributed by atoms with Gasteiger partial charge in [0, 0.05) is 17.3 Å². The summed E-state index contributed by atoms with van der Waals surface area (Å²) >= 11 is 0. The molecule has 0 bridgehead atoms. The quantitative estimate of drug-likeness (QED) is 0.102. The van der Waals surface area contributed by atoms with E-state index in [1.165, 1.54) is 31.1 Å². The number of para-hydroxylation sites is 4. The van der Waals surface area contributed by atoms with Crippen LogP contribution in [0.4, 0.5) is 0 Å². The molecule has 0 atom stereocenters. The van der Waals surface area contributed by atoms with E-state index in [-0.39, 0.29) is 5.84 Å². The Kier molecular flexibility index (Phi) is 9.96. The lowest BCUT2D eigenvalue weighted by molar-refractivity contribution is 0.486. The SMILES string of the molecule is N=C(N=C(N=Cc1cccc2c1Oc1ccccc1[Si]2(c1ccccc1)c1ccccc1)c1ccccc1)c1cccc2c1Oc1ccccc1[Si]2(c1ccccc1)c1ccccc1. The highest BCUT2D eigenvalue weighted by Crippen LogP contribution is 2.34. The first-order valence-corrected chi connectivity index (χ1v) is 25.5. The third-order valence-electron chi connectivity index (χ3n) is 12.5. The molecular weight excluding hydrogens is 815 g/mol. The maximum Gasteiger partial charge on any atom is 0.188 e. The number of nitrogens with zero attached hydrogens (tertiary/aromatic N) is 2. The second-order valence-electron chi connectivity index (χ2n) is 16.0. The van der Waals surface area contributed by atoms with E-state index in [1.807, 2.05) is 66.9 Å². The zero-order valence-electron chi connectivity index (χ0n) is 34.8. The number of hydrogen-bond acceptors (Lipinski definition) is 3. The van der Waals surface area contributed by atoms with E-state index in [0.29, 0.717) is 17.1 Å². The molecule has 11 rings (SSSR count). The lowest BCUT2D eigenvalue weighted by Gasteiger charge is -2.40. The minimum Gasteiger partial charge on any atom is -0.457 e. The molecule has 0 aliphatic carbocycles. The molecule has 0 saturated heterocycles. The Morgan fingerprint density at radius 3 is 1.28 bits per heavy atom. The van der Waals surface area contributed by atoms with Crippen LogP contribution < -0.4 is 51.0 Å². The number of aliphatic imine (C=N–C) groups is 2. The van der Waals surface area contributed by atoms with Crippen LogP contribution in [0.5, 0.6) is 23.0 Å². The number of nitrogens with one attached hydrogen (secondary N) is 1. The zero-order valence-corrected chi connectivity index (χ0v) is 36.8.